The van der Waals surface area contributed by atoms with Crippen LogP contribution < -0.4 is 15.4 Å². The minimum Gasteiger partial charge on any atom is -0.497 e. The molecule has 25 heavy (non-hydrogen) atoms. The van der Waals surface area contributed by atoms with Crippen LogP contribution in [0.2, 0.25) is 5.02 Å². The molecule has 0 spiro atoms. The molecule has 128 valence electrons. The third-order valence-corrected chi connectivity index (χ3v) is 3.89. The summed E-state index contributed by atoms with van der Waals surface area (Å²) < 4.78 is 5.17. The van der Waals surface area contributed by atoms with Crippen molar-refractivity contribution in [1.29, 1.82) is 0 Å². The Balaban J connectivity index is 1.82. The van der Waals surface area contributed by atoms with E-state index < -0.39 is 0 Å². The molecule has 0 aliphatic carbocycles. The van der Waals surface area contributed by atoms with Gasteiger partial charge >= 0.3 is 0 Å². The Morgan fingerprint density at radius 2 is 1.56 bits per heavy atom. The van der Waals surface area contributed by atoms with Crippen LogP contribution in [0.25, 0.3) is 0 Å². The SMILES string of the molecule is COc1ccc(Nc2cc(Nc3ccc(Cl)cc3C)nc(C)n2)cc1. The summed E-state index contributed by atoms with van der Waals surface area (Å²) in [5, 5.41) is 7.30. The maximum atomic E-state index is 6.01. The van der Waals surface area contributed by atoms with Gasteiger partial charge in [-0.15, -0.1) is 0 Å². The van der Waals surface area contributed by atoms with E-state index in [9.17, 15) is 0 Å². The van der Waals surface area contributed by atoms with Gasteiger partial charge in [0.15, 0.2) is 0 Å². The molecule has 0 aliphatic rings. The molecule has 3 aromatic rings. The Labute approximate surface area is 152 Å². The van der Waals surface area contributed by atoms with Crippen LogP contribution in [0.1, 0.15) is 11.4 Å². The summed E-state index contributed by atoms with van der Waals surface area (Å²) in [6.07, 6.45) is 0. The summed E-state index contributed by atoms with van der Waals surface area (Å²) in [6, 6.07) is 15.2. The average molecular weight is 355 g/mol. The maximum absolute atomic E-state index is 6.01. The molecule has 2 N–H and O–H groups in total. The second-order valence-electron chi connectivity index (χ2n) is 5.62. The fourth-order valence-electron chi connectivity index (χ4n) is 2.42. The third-order valence-electron chi connectivity index (χ3n) is 3.65. The predicted octanol–water partition coefficient (Wildman–Crippen LogP) is 5.24. The van der Waals surface area contributed by atoms with E-state index in [1.807, 2.05) is 62.4 Å². The smallest absolute Gasteiger partial charge is 0.136 e. The second-order valence-corrected chi connectivity index (χ2v) is 6.06. The van der Waals surface area contributed by atoms with Crippen LogP contribution in [-0.2, 0) is 0 Å². The van der Waals surface area contributed by atoms with Crippen LogP contribution in [0.15, 0.2) is 48.5 Å². The van der Waals surface area contributed by atoms with Crippen molar-refractivity contribution in [3.8, 4) is 5.75 Å². The van der Waals surface area contributed by atoms with E-state index in [1.54, 1.807) is 7.11 Å². The van der Waals surface area contributed by atoms with E-state index in [-0.39, 0.29) is 0 Å². The number of nitrogens with zero attached hydrogens (tertiary/aromatic N) is 2. The van der Waals surface area contributed by atoms with Gasteiger partial charge in [0.25, 0.3) is 0 Å². The Kier molecular flexibility index (Phi) is 5.05. The van der Waals surface area contributed by atoms with Crippen molar-refractivity contribution in [3.63, 3.8) is 0 Å². The molecule has 0 radical (unpaired) electrons. The minimum absolute atomic E-state index is 0.674. The predicted molar refractivity (Wildman–Crippen MR) is 103 cm³/mol. The van der Waals surface area contributed by atoms with Crippen molar-refractivity contribution in [2.45, 2.75) is 13.8 Å². The summed E-state index contributed by atoms with van der Waals surface area (Å²) in [4.78, 5) is 8.88. The van der Waals surface area contributed by atoms with Crippen molar-refractivity contribution < 1.29 is 4.74 Å². The number of nitrogens with one attached hydrogen (secondary N) is 2. The number of hydrogen-bond donors (Lipinski definition) is 2. The van der Waals surface area contributed by atoms with Crippen molar-refractivity contribution in [1.82, 2.24) is 9.97 Å². The average Bonchev–Trinajstić information content (AvgIpc) is 2.58. The topological polar surface area (TPSA) is 59.1 Å². The number of halogens is 1. The number of aryl methyl sites for hydroxylation is 2. The van der Waals surface area contributed by atoms with E-state index in [4.69, 9.17) is 16.3 Å². The standard InChI is InChI=1S/C19H19ClN4O/c1-12-10-14(20)4-9-17(12)24-19-11-18(21-13(2)22-19)23-15-5-7-16(25-3)8-6-15/h4-11H,1-3H3,(H2,21,22,23,24). The number of aromatic nitrogens is 2. The van der Waals surface area contributed by atoms with E-state index in [0.717, 1.165) is 22.7 Å². The van der Waals surface area contributed by atoms with Crippen LogP contribution in [0.4, 0.5) is 23.0 Å². The van der Waals surface area contributed by atoms with Gasteiger partial charge in [-0.3, -0.25) is 0 Å². The lowest BCUT2D eigenvalue weighted by atomic mass is 10.2. The van der Waals surface area contributed by atoms with Crippen molar-refractivity contribution in [3.05, 3.63) is 64.9 Å². The van der Waals surface area contributed by atoms with Gasteiger partial charge < -0.3 is 15.4 Å². The lowest BCUT2D eigenvalue weighted by Crippen LogP contribution is -2.02. The van der Waals surface area contributed by atoms with E-state index in [1.165, 1.54) is 0 Å². The molecule has 0 bridgehead atoms. The summed E-state index contributed by atoms with van der Waals surface area (Å²) in [7, 11) is 1.65. The molecule has 6 heteroatoms. The van der Waals surface area contributed by atoms with Gasteiger partial charge in [0, 0.05) is 22.5 Å². The monoisotopic (exact) mass is 354 g/mol. The zero-order valence-corrected chi connectivity index (χ0v) is 15.1. The molecule has 0 aliphatic heterocycles. The second kappa shape index (κ2) is 7.40. The molecule has 0 fully saturated rings. The Morgan fingerprint density at radius 3 is 2.20 bits per heavy atom. The first-order valence-electron chi connectivity index (χ1n) is 7.83. The molecule has 5 nitrogen and oxygen atoms in total. The molecule has 1 heterocycles. The molecular weight excluding hydrogens is 336 g/mol. The lowest BCUT2D eigenvalue weighted by molar-refractivity contribution is 0.415. The van der Waals surface area contributed by atoms with Crippen LogP contribution in [0.5, 0.6) is 5.75 Å². The lowest BCUT2D eigenvalue weighted by Gasteiger charge is -2.12. The van der Waals surface area contributed by atoms with E-state index in [0.29, 0.717) is 22.5 Å². The maximum Gasteiger partial charge on any atom is 0.136 e. The first-order chi connectivity index (χ1) is 12.0. The molecule has 0 unspecified atom stereocenters. The highest BCUT2D eigenvalue weighted by molar-refractivity contribution is 6.30. The number of rotatable bonds is 5. The van der Waals surface area contributed by atoms with Crippen molar-refractivity contribution in [2.75, 3.05) is 17.7 Å². The Hall–Kier alpha value is -2.79. The number of methoxy groups -OCH3 is 1. The molecule has 0 saturated carbocycles. The van der Waals surface area contributed by atoms with Crippen LogP contribution in [-0.4, -0.2) is 17.1 Å². The number of ether oxygens (including phenoxy) is 1. The number of benzene rings is 2. The highest BCUT2D eigenvalue weighted by Gasteiger charge is 2.05. The van der Waals surface area contributed by atoms with Gasteiger partial charge in [-0.1, -0.05) is 11.6 Å². The first kappa shape index (κ1) is 17.0. The zero-order chi connectivity index (χ0) is 17.8. The normalized spacial score (nSPS) is 10.4. The van der Waals surface area contributed by atoms with Gasteiger partial charge in [-0.2, -0.15) is 0 Å². The van der Waals surface area contributed by atoms with Gasteiger partial charge in [-0.25, -0.2) is 9.97 Å². The summed E-state index contributed by atoms with van der Waals surface area (Å²) in [6.45, 7) is 3.86. The molecular formula is C19H19ClN4O. The highest BCUT2D eigenvalue weighted by atomic mass is 35.5. The molecule has 1 aromatic heterocycles. The largest absolute Gasteiger partial charge is 0.497 e. The van der Waals surface area contributed by atoms with Crippen LogP contribution in [0, 0.1) is 13.8 Å². The molecule has 0 amide bonds. The van der Waals surface area contributed by atoms with Gasteiger partial charge in [-0.05, 0) is 61.9 Å². The van der Waals surface area contributed by atoms with Crippen molar-refractivity contribution in [2.24, 2.45) is 0 Å². The molecule has 2 aromatic carbocycles. The fourth-order valence-corrected chi connectivity index (χ4v) is 2.65. The van der Waals surface area contributed by atoms with E-state index >= 15 is 0 Å². The molecule has 0 saturated heterocycles. The molecule has 0 atom stereocenters. The van der Waals surface area contributed by atoms with Crippen molar-refractivity contribution >= 4 is 34.6 Å². The Morgan fingerprint density at radius 1 is 0.880 bits per heavy atom. The summed E-state index contributed by atoms with van der Waals surface area (Å²) in [5.41, 5.74) is 2.93. The Bertz CT molecular complexity index is 881. The summed E-state index contributed by atoms with van der Waals surface area (Å²) >= 11 is 6.01. The molecule has 3 rings (SSSR count). The first-order valence-corrected chi connectivity index (χ1v) is 8.21. The summed E-state index contributed by atoms with van der Waals surface area (Å²) in [5.74, 6) is 2.92. The van der Waals surface area contributed by atoms with Gasteiger partial charge in [0.05, 0.1) is 7.11 Å². The van der Waals surface area contributed by atoms with E-state index in [2.05, 4.69) is 20.6 Å². The highest BCUT2D eigenvalue weighted by Crippen LogP contribution is 2.25. The van der Waals surface area contributed by atoms with Crippen LogP contribution in [0.3, 0.4) is 0 Å². The van der Waals surface area contributed by atoms with Crippen LogP contribution >= 0.6 is 11.6 Å². The van der Waals surface area contributed by atoms with Gasteiger partial charge in [0.2, 0.25) is 0 Å². The minimum atomic E-state index is 0.674. The number of hydrogen-bond acceptors (Lipinski definition) is 5. The zero-order valence-electron chi connectivity index (χ0n) is 14.3. The number of anilines is 4. The fraction of sp³-hybridized carbons (Fsp3) is 0.158. The third kappa shape index (κ3) is 4.39. The van der Waals surface area contributed by atoms with Gasteiger partial charge in [0.1, 0.15) is 23.2 Å². The quantitative estimate of drug-likeness (QED) is 0.656.